The lowest BCUT2D eigenvalue weighted by molar-refractivity contribution is -0.141. The van der Waals surface area contributed by atoms with Crippen LogP contribution in [-0.4, -0.2) is 64.9 Å². The molecule has 1 saturated heterocycles. The highest BCUT2D eigenvalue weighted by Gasteiger charge is 2.41. The minimum atomic E-state index is -1.32. The summed E-state index contributed by atoms with van der Waals surface area (Å²) < 4.78 is 34.2. The zero-order valence-electron chi connectivity index (χ0n) is 20.5. The fourth-order valence-corrected chi connectivity index (χ4v) is 5.79. The van der Waals surface area contributed by atoms with Crippen LogP contribution in [0, 0.1) is 17.6 Å². The Hall–Kier alpha value is -3.20. The Balaban J connectivity index is 1.42. The molecule has 0 aromatic heterocycles. The molecule has 7 nitrogen and oxygen atoms in total. The van der Waals surface area contributed by atoms with Crippen LogP contribution in [0.4, 0.5) is 13.6 Å². The maximum absolute atomic E-state index is 14.4. The van der Waals surface area contributed by atoms with Crippen LogP contribution in [0.1, 0.15) is 43.2 Å². The average Bonchev–Trinajstić information content (AvgIpc) is 3.24. The summed E-state index contributed by atoms with van der Waals surface area (Å²) in [6, 6.07) is 10.1. The van der Waals surface area contributed by atoms with Gasteiger partial charge in [-0.15, -0.1) is 0 Å². The largest absolute Gasteiger partial charge is 0.488 e. The summed E-state index contributed by atoms with van der Waals surface area (Å²) >= 11 is 0. The second-order valence-electron chi connectivity index (χ2n) is 10.1. The van der Waals surface area contributed by atoms with Gasteiger partial charge in [0, 0.05) is 18.0 Å². The third kappa shape index (κ3) is 5.46. The van der Waals surface area contributed by atoms with Crippen molar-refractivity contribution < 1.29 is 33.3 Å². The maximum Gasteiger partial charge on any atom is 0.408 e. The molecule has 0 spiro atoms. The van der Waals surface area contributed by atoms with E-state index in [0.717, 1.165) is 41.7 Å². The molecule has 9 heteroatoms. The second-order valence-corrected chi connectivity index (χ2v) is 10.1. The quantitative estimate of drug-likeness (QED) is 0.569. The number of nitrogens with zero attached hydrogens (tertiary/aromatic N) is 2. The summed E-state index contributed by atoms with van der Waals surface area (Å²) in [6.45, 7) is -0.0898. The highest BCUT2D eigenvalue weighted by atomic mass is 19.1. The first-order valence-corrected chi connectivity index (χ1v) is 12.2. The second kappa shape index (κ2) is 10.4. The van der Waals surface area contributed by atoms with Crippen molar-refractivity contribution in [3.8, 4) is 5.75 Å². The van der Waals surface area contributed by atoms with Gasteiger partial charge in [0.25, 0.3) is 0 Å². The molecule has 4 rings (SSSR count). The Morgan fingerprint density at radius 1 is 1.08 bits per heavy atom. The van der Waals surface area contributed by atoms with Gasteiger partial charge in [-0.1, -0.05) is 12.1 Å². The number of halogens is 2. The van der Waals surface area contributed by atoms with E-state index in [1.54, 1.807) is 18.2 Å². The molecular formula is C27H32F2N2O5. The molecule has 194 valence electrons. The predicted octanol–water partition coefficient (Wildman–Crippen LogP) is 4.74. The lowest BCUT2D eigenvalue weighted by Crippen LogP contribution is -2.44. The summed E-state index contributed by atoms with van der Waals surface area (Å²) in [5.41, 5.74) is 1.51. The van der Waals surface area contributed by atoms with Gasteiger partial charge >= 0.3 is 12.1 Å². The van der Waals surface area contributed by atoms with E-state index in [4.69, 9.17) is 4.74 Å². The molecule has 2 N–H and O–H groups in total. The van der Waals surface area contributed by atoms with E-state index in [1.807, 2.05) is 20.2 Å². The van der Waals surface area contributed by atoms with Crippen LogP contribution in [0.25, 0.3) is 0 Å². The number of likely N-dealkylation sites (tertiary alicyclic amines) is 1. The van der Waals surface area contributed by atoms with E-state index in [-0.39, 0.29) is 30.1 Å². The Morgan fingerprint density at radius 3 is 2.39 bits per heavy atom. The molecule has 2 aromatic rings. The Labute approximate surface area is 209 Å². The van der Waals surface area contributed by atoms with E-state index in [9.17, 15) is 28.6 Å². The van der Waals surface area contributed by atoms with Gasteiger partial charge in [-0.05, 0) is 87.5 Å². The summed E-state index contributed by atoms with van der Waals surface area (Å²) in [5.74, 6) is -1.33. The van der Waals surface area contributed by atoms with Crippen molar-refractivity contribution in [1.29, 1.82) is 0 Å². The first-order chi connectivity index (χ1) is 17.1. The number of hydrogen-bond donors (Lipinski definition) is 2. The van der Waals surface area contributed by atoms with Crippen LogP contribution >= 0.6 is 0 Å². The van der Waals surface area contributed by atoms with Gasteiger partial charge in [-0.25, -0.2) is 18.4 Å². The van der Waals surface area contributed by atoms with Gasteiger partial charge in [0.15, 0.2) is 0 Å². The van der Waals surface area contributed by atoms with E-state index < -0.39 is 30.0 Å². The van der Waals surface area contributed by atoms with Crippen LogP contribution in [0.3, 0.4) is 0 Å². The molecule has 1 heterocycles. The molecule has 0 radical (unpaired) electrons. The first-order valence-electron chi connectivity index (χ1n) is 12.2. The van der Waals surface area contributed by atoms with E-state index in [2.05, 4.69) is 4.90 Å². The predicted molar refractivity (Wildman–Crippen MR) is 129 cm³/mol. The zero-order chi connectivity index (χ0) is 26.0. The Bertz CT molecular complexity index is 1100. The zero-order valence-corrected chi connectivity index (χ0v) is 20.5. The Morgan fingerprint density at radius 2 is 1.81 bits per heavy atom. The third-order valence-corrected chi connectivity index (χ3v) is 7.70. The fourth-order valence-electron chi connectivity index (χ4n) is 5.79. The summed E-state index contributed by atoms with van der Waals surface area (Å²) in [4.78, 5) is 25.8. The smallest absolute Gasteiger partial charge is 0.408 e. The molecule has 1 aliphatic heterocycles. The van der Waals surface area contributed by atoms with Gasteiger partial charge in [-0.2, -0.15) is 0 Å². The summed E-state index contributed by atoms with van der Waals surface area (Å²) in [7, 11) is 4.04. The van der Waals surface area contributed by atoms with Crippen molar-refractivity contribution in [3.05, 3.63) is 65.2 Å². The number of carboxylic acid groups (broad SMARTS) is 2. The standard InChI is InChI=1S/C27H32F2N2O5/c1-30(2)27(19-4-3-5-20(28)13-19)8-6-17(7-9-27)10-18-11-21(29)14-22(12-18)36-23-15-24(25(32)33)31(16-23)26(34)35/h3-5,11-14,17,23-24H,6-10,15-16H2,1-2H3,(H,32,33)(H,34,35)/t17?,23-,24-,27?/m0/s1. The molecule has 36 heavy (non-hydrogen) atoms. The number of benzene rings is 2. The van der Waals surface area contributed by atoms with Gasteiger partial charge in [0.05, 0.1) is 6.54 Å². The molecular weight excluding hydrogens is 470 g/mol. The monoisotopic (exact) mass is 502 g/mol. The molecule has 0 unspecified atom stereocenters. The van der Waals surface area contributed by atoms with Crippen molar-refractivity contribution >= 4 is 12.1 Å². The molecule has 0 bridgehead atoms. The fraction of sp³-hybridized carbons (Fsp3) is 0.481. The number of rotatable bonds is 7. The molecule has 1 aliphatic carbocycles. The van der Waals surface area contributed by atoms with E-state index in [0.29, 0.717) is 12.3 Å². The van der Waals surface area contributed by atoms with Gasteiger partial charge in [-0.3, -0.25) is 9.80 Å². The minimum Gasteiger partial charge on any atom is -0.488 e. The van der Waals surface area contributed by atoms with Gasteiger partial charge in [0.2, 0.25) is 0 Å². The number of carbonyl (C=O) groups is 2. The minimum absolute atomic E-state index is 0.00278. The SMILES string of the molecule is CN(C)C1(c2cccc(F)c2)CCC(Cc2cc(F)cc(O[C@H]3C[C@@H](C(=O)O)N(C(=O)O)C3)c2)CC1. The van der Waals surface area contributed by atoms with Crippen molar-refractivity contribution in [3.63, 3.8) is 0 Å². The summed E-state index contributed by atoms with van der Waals surface area (Å²) in [6.07, 6.45) is 2.19. The highest BCUT2D eigenvalue weighted by molar-refractivity contribution is 5.80. The van der Waals surface area contributed by atoms with Crippen LogP contribution < -0.4 is 4.74 Å². The van der Waals surface area contributed by atoms with Crippen LogP contribution in [0.15, 0.2) is 42.5 Å². The Kier molecular flexibility index (Phi) is 7.49. The van der Waals surface area contributed by atoms with Crippen LogP contribution in [0.2, 0.25) is 0 Å². The van der Waals surface area contributed by atoms with Crippen molar-refractivity contribution in [2.75, 3.05) is 20.6 Å². The third-order valence-electron chi connectivity index (χ3n) is 7.70. The number of hydrogen-bond acceptors (Lipinski definition) is 4. The van der Waals surface area contributed by atoms with Crippen LogP contribution in [-0.2, 0) is 16.8 Å². The van der Waals surface area contributed by atoms with Gasteiger partial charge < -0.3 is 14.9 Å². The number of aliphatic carboxylic acids is 1. The maximum atomic E-state index is 14.4. The topological polar surface area (TPSA) is 90.3 Å². The highest BCUT2D eigenvalue weighted by Crippen LogP contribution is 2.44. The molecule has 2 aliphatic rings. The lowest BCUT2D eigenvalue weighted by Gasteiger charge is -2.45. The normalized spacial score (nSPS) is 26.2. The van der Waals surface area contributed by atoms with Crippen molar-refractivity contribution in [1.82, 2.24) is 9.80 Å². The first kappa shape index (κ1) is 25.9. The number of amides is 1. The number of ether oxygens (including phenoxy) is 1. The van der Waals surface area contributed by atoms with E-state index >= 15 is 0 Å². The van der Waals surface area contributed by atoms with Crippen LogP contribution in [0.5, 0.6) is 5.75 Å². The molecule has 2 fully saturated rings. The van der Waals surface area contributed by atoms with Crippen molar-refractivity contribution in [2.45, 2.75) is 56.2 Å². The number of carboxylic acids is 1. The molecule has 1 saturated carbocycles. The van der Waals surface area contributed by atoms with E-state index in [1.165, 1.54) is 18.2 Å². The summed E-state index contributed by atoms with van der Waals surface area (Å²) in [5, 5.41) is 18.6. The molecule has 2 atom stereocenters. The molecule has 1 amide bonds. The molecule has 2 aromatic carbocycles. The lowest BCUT2D eigenvalue weighted by atomic mass is 9.70. The van der Waals surface area contributed by atoms with Gasteiger partial charge in [0.1, 0.15) is 29.5 Å². The average molecular weight is 503 g/mol. The van der Waals surface area contributed by atoms with Crippen molar-refractivity contribution in [2.24, 2.45) is 5.92 Å².